The van der Waals surface area contributed by atoms with E-state index >= 15 is 0 Å². The molecule has 238 valence electrons. The minimum atomic E-state index is -0.163. The molecule has 0 atom stereocenters. The first-order chi connectivity index (χ1) is 24.5. The summed E-state index contributed by atoms with van der Waals surface area (Å²) in [5.41, 5.74) is 14.3. The lowest BCUT2D eigenvalue weighted by Gasteiger charge is -2.26. The molecule has 3 nitrogen and oxygen atoms in total. The second kappa shape index (κ2) is 10.8. The van der Waals surface area contributed by atoms with Gasteiger partial charge in [0.1, 0.15) is 22.5 Å². The van der Waals surface area contributed by atoms with Crippen LogP contribution in [-0.2, 0) is 5.41 Å². The first-order valence-corrected chi connectivity index (χ1v) is 17.2. The molecule has 0 saturated heterocycles. The zero-order valence-electron chi connectivity index (χ0n) is 27.9. The van der Waals surface area contributed by atoms with Gasteiger partial charge >= 0.3 is 0 Å². The molecular formula is C47H33NO2. The summed E-state index contributed by atoms with van der Waals surface area (Å²) in [7, 11) is 0. The van der Waals surface area contributed by atoms with Crippen molar-refractivity contribution in [2.45, 2.75) is 19.3 Å². The Morgan fingerprint density at radius 1 is 0.420 bits per heavy atom. The van der Waals surface area contributed by atoms with Crippen molar-refractivity contribution in [2.75, 3.05) is 4.90 Å². The second-order valence-corrected chi connectivity index (χ2v) is 13.8. The van der Waals surface area contributed by atoms with E-state index in [-0.39, 0.29) is 5.41 Å². The topological polar surface area (TPSA) is 29.5 Å². The molecule has 0 fully saturated rings. The molecule has 9 aromatic rings. The molecule has 7 aromatic carbocycles. The molecule has 2 aromatic heterocycles. The number of benzene rings is 7. The monoisotopic (exact) mass is 643 g/mol. The molecule has 10 rings (SSSR count). The molecule has 0 bridgehead atoms. The molecule has 0 spiro atoms. The maximum atomic E-state index is 6.41. The summed E-state index contributed by atoms with van der Waals surface area (Å²) in [6, 6.07) is 58.2. The maximum Gasteiger partial charge on any atom is 0.139 e. The van der Waals surface area contributed by atoms with Gasteiger partial charge in [0.25, 0.3) is 0 Å². The van der Waals surface area contributed by atoms with Crippen molar-refractivity contribution in [3.63, 3.8) is 0 Å². The summed E-state index contributed by atoms with van der Waals surface area (Å²) in [6.07, 6.45) is 0. The average Bonchev–Trinajstić information content (AvgIpc) is 3.81. The summed E-state index contributed by atoms with van der Waals surface area (Å²) < 4.78 is 12.6. The smallest absolute Gasteiger partial charge is 0.139 e. The first kappa shape index (κ1) is 28.7. The van der Waals surface area contributed by atoms with E-state index < -0.39 is 0 Å². The molecule has 0 unspecified atom stereocenters. The fraction of sp³-hybridized carbons (Fsp3) is 0.0638. The SMILES string of the molecule is CC1(C)c2cc(-c3ccc(N(c4cccc(-c5ccccc5)c4)c4ccc5oc6ccccc6c5c4)cc3)ccc2-c2oc3ccccc3c21. The lowest BCUT2D eigenvalue weighted by atomic mass is 9.80. The van der Waals surface area contributed by atoms with E-state index in [0.717, 1.165) is 50.3 Å². The Labute approximate surface area is 290 Å². The van der Waals surface area contributed by atoms with Crippen LogP contribution in [0.15, 0.2) is 173 Å². The molecular weight excluding hydrogens is 611 g/mol. The molecule has 1 aliphatic carbocycles. The third-order valence-corrected chi connectivity index (χ3v) is 10.4. The van der Waals surface area contributed by atoms with Gasteiger partial charge in [0.05, 0.1) is 0 Å². The van der Waals surface area contributed by atoms with Gasteiger partial charge in [-0.2, -0.15) is 0 Å². The highest BCUT2D eigenvalue weighted by Crippen LogP contribution is 2.53. The van der Waals surface area contributed by atoms with Crippen LogP contribution in [-0.4, -0.2) is 0 Å². The van der Waals surface area contributed by atoms with Crippen LogP contribution in [0, 0.1) is 0 Å². The van der Waals surface area contributed by atoms with E-state index in [1.165, 1.54) is 44.3 Å². The van der Waals surface area contributed by atoms with Crippen molar-refractivity contribution in [3.8, 4) is 33.6 Å². The van der Waals surface area contributed by atoms with Crippen LogP contribution in [0.3, 0.4) is 0 Å². The number of fused-ring (bicyclic) bond motifs is 8. The third-order valence-electron chi connectivity index (χ3n) is 10.4. The summed E-state index contributed by atoms with van der Waals surface area (Å²) in [6.45, 7) is 4.63. The molecule has 1 aliphatic rings. The van der Waals surface area contributed by atoms with Crippen LogP contribution in [0.25, 0.3) is 66.5 Å². The Hall–Kier alpha value is -6.32. The number of para-hydroxylation sites is 2. The lowest BCUT2D eigenvalue weighted by molar-refractivity contribution is 0.619. The number of hydrogen-bond donors (Lipinski definition) is 0. The molecule has 0 amide bonds. The van der Waals surface area contributed by atoms with Crippen molar-refractivity contribution in [1.82, 2.24) is 0 Å². The highest BCUT2D eigenvalue weighted by molar-refractivity contribution is 6.06. The molecule has 2 heterocycles. The van der Waals surface area contributed by atoms with Crippen LogP contribution < -0.4 is 4.90 Å². The minimum absolute atomic E-state index is 0.163. The highest BCUT2D eigenvalue weighted by atomic mass is 16.3. The van der Waals surface area contributed by atoms with Crippen molar-refractivity contribution >= 4 is 50.0 Å². The summed E-state index contributed by atoms with van der Waals surface area (Å²) in [5, 5.41) is 3.42. The van der Waals surface area contributed by atoms with E-state index in [4.69, 9.17) is 8.83 Å². The quantitative estimate of drug-likeness (QED) is 0.187. The minimum Gasteiger partial charge on any atom is -0.456 e. The molecule has 3 heteroatoms. The van der Waals surface area contributed by atoms with E-state index in [1.54, 1.807) is 0 Å². The van der Waals surface area contributed by atoms with Gasteiger partial charge in [-0.05, 0) is 88.5 Å². The molecule has 0 saturated carbocycles. The van der Waals surface area contributed by atoms with E-state index in [2.05, 4.69) is 164 Å². The van der Waals surface area contributed by atoms with Gasteiger partial charge in [-0.25, -0.2) is 0 Å². The lowest BCUT2D eigenvalue weighted by Crippen LogP contribution is -2.15. The summed E-state index contributed by atoms with van der Waals surface area (Å²) in [5.74, 6) is 1.00. The fourth-order valence-corrected chi connectivity index (χ4v) is 7.99. The number of anilines is 3. The van der Waals surface area contributed by atoms with Crippen LogP contribution in [0.1, 0.15) is 25.0 Å². The Morgan fingerprint density at radius 3 is 1.84 bits per heavy atom. The first-order valence-electron chi connectivity index (χ1n) is 17.2. The highest BCUT2D eigenvalue weighted by Gasteiger charge is 2.40. The predicted octanol–water partition coefficient (Wildman–Crippen LogP) is 13.4. The molecule has 0 aliphatic heterocycles. The number of hydrogen-bond acceptors (Lipinski definition) is 3. The van der Waals surface area contributed by atoms with Crippen LogP contribution in [0.5, 0.6) is 0 Å². The van der Waals surface area contributed by atoms with E-state index in [1.807, 2.05) is 18.2 Å². The number of nitrogens with zero attached hydrogens (tertiary/aromatic N) is 1. The summed E-state index contributed by atoms with van der Waals surface area (Å²) >= 11 is 0. The van der Waals surface area contributed by atoms with Crippen molar-refractivity contribution in [3.05, 3.63) is 175 Å². The Balaban J connectivity index is 1.07. The zero-order chi connectivity index (χ0) is 33.4. The van der Waals surface area contributed by atoms with E-state index in [0.29, 0.717) is 0 Å². The van der Waals surface area contributed by atoms with Crippen molar-refractivity contribution < 1.29 is 8.83 Å². The van der Waals surface area contributed by atoms with Gasteiger partial charge in [0.15, 0.2) is 0 Å². The van der Waals surface area contributed by atoms with E-state index in [9.17, 15) is 0 Å². The maximum absolute atomic E-state index is 6.41. The van der Waals surface area contributed by atoms with Gasteiger partial charge < -0.3 is 13.7 Å². The van der Waals surface area contributed by atoms with Gasteiger partial charge in [0.2, 0.25) is 0 Å². The third kappa shape index (κ3) is 4.37. The van der Waals surface area contributed by atoms with Gasteiger partial charge in [-0.1, -0.05) is 117 Å². The summed E-state index contributed by atoms with van der Waals surface area (Å²) in [4.78, 5) is 2.34. The zero-order valence-corrected chi connectivity index (χ0v) is 27.9. The Morgan fingerprint density at radius 2 is 1.02 bits per heavy atom. The van der Waals surface area contributed by atoms with Gasteiger partial charge in [-0.15, -0.1) is 0 Å². The van der Waals surface area contributed by atoms with Crippen molar-refractivity contribution in [1.29, 1.82) is 0 Å². The fourth-order valence-electron chi connectivity index (χ4n) is 7.99. The molecule has 0 N–H and O–H groups in total. The van der Waals surface area contributed by atoms with Crippen LogP contribution >= 0.6 is 0 Å². The molecule has 0 radical (unpaired) electrons. The van der Waals surface area contributed by atoms with Gasteiger partial charge in [0, 0.05) is 49.8 Å². The standard InChI is InChI=1S/C47H33NO2/c1-47(2)41-28-33(21-25-38(41)46-45(47)39-16-7-9-18-43(39)50-46)31-19-22-34(23-20-31)48(35-14-10-13-32(27-35)30-11-4-3-5-12-30)36-24-26-44-40(29-36)37-15-6-8-17-42(37)49-44/h3-29H,1-2H3. The number of rotatable bonds is 5. The molecule has 50 heavy (non-hydrogen) atoms. The Kier molecular flexibility index (Phi) is 6.22. The Bertz CT molecular complexity index is 2730. The normalized spacial score (nSPS) is 13.2. The van der Waals surface area contributed by atoms with Gasteiger partial charge in [-0.3, -0.25) is 0 Å². The van der Waals surface area contributed by atoms with Crippen LogP contribution in [0.4, 0.5) is 17.1 Å². The number of furan rings is 2. The predicted molar refractivity (Wildman–Crippen MR) is 207 cm³/mol. The second-order valence-electron chi connectivity index (χ2n) is 13.8. The van der Waals surface area contributed by atoms with Crippen molar-refractivity contribution in [2.24, 2.45) is 0 Å². The largest absolute Gasteiger partial charge is 0.456 e. The van der Waals surface area contributed by atoms with Crippen LogP contribution in [0.2, 0.25) is 0 Å². The average molecular weight is 644 g/mol.